The smallest absolute Gasteiger partial charge is 0.119 e. The number of ether oxygens (including phenoxy) is 1. The standard InChI is InChI=1S/C15H18N2O2/c16-12-5-4-6-13(9-12)17-10-14(18)11-19-15-7-2-1-3-8-15/h1-9,14,17-18H,10-11,16H2/t14-/m0/s1. The van der Waals surface area contributed by atoms with Crippen LogP contribution in [0.3, 0.4) is 0 Å². The van der Waals surface area contributed by atoms with Crippen molar-refractivity contribution >= 4 is 11.4 Å². The normalized spacial score (nSPS) is 11.8. The van der Waals surface area contributed by atoms with Gasteiger partial charge in [0.15, 0.2) is 0 Å². The van der Waals surface area contributed by atoms with E-state index in [-0.39, 0.29) is 6.61 Å². The second-order valence-corrected chi connectivity index (χ2v) is 4.28. The predicted octanol–water partition coefficient (Wildman–Crippen LogP) is 2.12. The number of benzene rings is 2. The molecule has 4 nitrogen and oxygen atoms in total. The van der Waals surface area contributed by atoms with Crippen LogP contribution in [0.25, 0.3) is 0 Å². The van der Waals surface area contributed by atoms with Crippen LogP contribution in [0.4, 0.5) is 11.4 Å². The largest absolute Gasteiger partial charge is 0.491 e. The maximum absolute atomic E-state index is 9.82. The highest BCUT2D eigenvalue weighted by Crippen LogP contribution is 2.12. The van der Waals surface area contributed by atoms with Crippen LogP contribution in [0.5, 0.6) is 5.75 Å². The Morgan fingerprint density at radius 3 is 2.63 bits per heavy atom. The lowest BCUT2D eigenvalue weighted by Crippen LogP contribution is -2.26. The van der Waals surface area contributed by atoms with E-state index < -0.39 is 6.10 Å². The molecule has 4 N–H and O–H groups in total. The van der Waals surface area contributed by atoms with Gasteiger partial charge in [-0.3, -0.25) is 0 Å². The van der Waals surface area contributed by atoms with Crippen LogP contribution < -0.4 is 15.8 Å². The van der Waals surface area contributed by atoms with Crippen molar-refractivity contribution in [1.29, 1.82) is 0 Å². The molecule has 0 amide bonds. The van der Waals surface area contributed by atoms with Crippen LogP contribution in [0.1, 0.15) is 0 Å². The van der Waals surface area contributed by atoms with Crippen molar-refractivity contribution < 1.29 is 9.84 Å². The number of hydrogen-bond donors (Lipinski definition) is 3. The summed E-state index contributed by atoms with van der Waals surface area (Å²) in [6.45, 7) is 0.662. The number of aliphatic hydroxyl groups excluding tert-OH is 1. The van der Waals surface area contributed by atoms with Gasteiger partial charge in [0, 0.05) is 17.9 Å². The average Bonchev–Trinajstić information content (AvgIpc) is 2.44. The zero-order chi connectivity index (χ0) is 13.5. The molecule has 2 aromatic carbocycles. The molecular weight excluding hydrogens is 240 g/mol. The Labute approximate surface area is 112 Å². The van der Waals surface area contributed by atoms with E-state index in [1.807, 2.05) is 54.6 Å². The molecule has 0 saturated heterocycles. The van der Waals surface area contributed by atoms with E-state index in [1.54, 1.807) is 0 Å². The van der Waals surface area contributed by atoms with Gasteiger partial charge in [-0.05, 0) is 30.3 Å². The lowest BCUT2D eigenvalue weighted by molar-refractivity contribution is 0.117. The molecule has 0 aliphatic carbocycles. The molecule has 0 aromatic heterocycles. The van der Waals surface area contributed by atoms with E-state index in [0.29, 0.717) is 12.2 Å². The van der Waals surface area contributed by atoms with Gasteiger partial charge in [0.05, 0.1) is 0 Å². The molecule has 0 saturated carbocycles. The summed E-state index contributed by atoms with van der Waals surface area (Å²) in [5.41, 5.74) is 7.25. The van der Waals surface area contributed by atoms with E-state index in [0.717, 1.165) is 11.4 Å². The minimum Gasteiger partial charge on any atom is -0.491 e. The molecule has 2 rings (SSSR count). The molecule has 0 heterocycles. The monoisotopic (exact) mass is 258 g/mol. The first-order chi connectivity index (χ1) is 9.24. The molecular formula is C15H18N2O2. The van der Waals surface area contributed by atoms with E-state index in [1.165, 1.54) is 0 Å². The molecule has 4 heteroatoms. The van der Waals surface area contributed by atoms with E-state index in [2.05, 4.69) is 5.32 Å². The molecule has 0 spiro atoms. The van der Waals surface area contributed by atoms with Crippen molar-refractivity contribution in [2.45, 2.75) is 6.10 Å². The molecule has 0 bridgehead atoms. The Hall–Kier alpha value is -2.20. The second kappa shape index (κ2) is 6.66. The molecule has 0 aliphatic heterocycles. The Balaban J connectivity index is 1.74. The first kappa shape index (κ1) is 13.2. The van der Waals surface area contributed by atoms with E-state index in [4.69, 9.17) is 10.5 Å². The zero-order valence-electron chi connectivity index (χ0n) is 10.6. The van der Waals surface area contributed by atoms with Gasteiger partial charge in [0.2, 0.25) is 0 Å². The molecule has 1 atom stereocenters. The SMILES string of the molecule is Nc1cccc(NC[C@H](O)COc2ccccc2)c1. The van der Waals surface area contributed by atoms with Crippen molar-refractivity contribution in [3.63, 3.8) is 0 Å². The second-order valence-electron chi connectivity index (χ2n) is 4.28. The molecule has 0 fully saturated rings. The van der Waals surface area contributed by atoms with Gasteiger partial charge in [-0.15, -0.1) is 0 Å². The van der Waals surface area contributed by atoms with Gasteiger partial charge in [0.25, 0.3) is 0 Å². The van der Waals surface area contributed by atoms with Crippen LogP contribution in [-0.2, 0) is 0 Å². The van der Waals surface area contributed by atoms with Crippen LogP contribution >= 0.6 is 0 Å². The third kappa shape index (κ3) is 4.52. The average molecular weight is 258 g/mol. The quantitative estimate of drug-likeness (QED) is 0.694. The third-order valence-electron chi connectivity index (χ3n) is 2.61. The summed E-state index contributed by atoms with van der Waals surface area (Å²) in [5.74, 6) is 0.755. The number of para-hydroxylation sites is 1. The Bertz CT molecular complexity index is 503. The summed E-state index contributed by atoms with van der Waals surface area (Å²) in [4.78, 5) is 0. The van der Waals surface area contributed by atoms with Crippen molar-refractivity contribution in [2.24, 2.45) is 0 Å². The number of nitrogens with two attached hydrogens (primary N) is 1. The van der Waals surface area contributed by atoms with Crippen molar-refractivity contribution in [3.8, 4) is 5.75 Å². The number of nitrogens with one attached hydrogen (secondary N) is 1. The fourth-order valence-corrected chi connectivity index (χ4v) is 1.65. The van der Waals surface area contributed by atoms with E-state index in [9.17, 15) is 5.11 Å². The van der Waals surface area contributed by atoms with E-state index >= 15 is 0 Å². The van der Waals surface area contributed by atoms with Crippen molar-refractivity contribution in [1.82, 2.24) is 0 Å². The number of hydrogen-bond acceptors (Lipinski definition) is 4. The van der Waals surface area contributed by atoms with Gasteiger partial charge in [-0.25, -0.2) is 0 Å². The fraction of sp³-hybridized carbons (Fsp3) is 0.200. The summed E-state index contributed by atoms with van der Waals surface area (Å²) in [6.07, 6.45) is -0.582. The van der Waals surface area contributed by atoms with Crippen LogP contribution in [-0.4, -0.2) is 24.4 Å². The predicted molar refractivity (Wildman–Crippen MR) is 77.3 cm³/mol. The van der Waals surface area contributed by atoms with Crippen LogP contribution in [0, 0.1) is 0 Å². The number of anilines is 2. The first-order valence-electron chi connectivity index (χ1n) is 6.19. The molecule has 0 radical (unpaired) electrons. The molecule has 2 aromatic rings. The van der Waals surface area contributed by atoms with Gasteiger partial charge in [-0.1, -0.05) is 24.3 Å². The highest BCUT2D eigenvalue weighted by atomic mass is 16.5. The Morgan fingerprint density at radius 1 is 1.11 bits per heavy atom. The molecule has 19 heavy (non-hydrogen) atoms. The minimum atomic E-state index is -0.582. The van der Waals surface area contributed by atoms with Gasteiger partial charge in [-0.2, -0.15) is 0 Å². The fourth-order valence-electron chi connectivity index (χ4n) is 1.65. The molecule has 0 unspecified atom stereocenters. The lowest BCUT2D eigenvalue weighted by atomic mass is 10.2. The zero-order valence-corrected chi connectivity index (χ0v) is 10.6. The third-order valence-corrected chi connectivity index (χ3v) is 2.61. The highest BCUT2D eigenvalue weighted by Gasteiger charge is 2.05. The summed E-state index contributed by atoms with van der Waals surface area (Å²) in [7, 11) is 0. The lowest BCUT2D eigenvalue weighted by Gasteiger charge is -2.14. The van der Waals surface area contributed by atoms with Gasteiger partial charge in [0.1, 0.15) is 18.5 Å². The van der Waals surface area contributed by atoms with Crippen LogP contribution in [0.2, 0.25) is 0 Å². The first-order valence-corrected chi connectivity index (χ1v) is 6.19. The Kier molecular flexibility index (Phi) is 4.64. The maximum Gasteiger partial charge on any atom is 0.119 e. The highest BCUT2D eigenvalue weighted by molar-refractivity contribution is 5.54. The number of rotatable bonds is 6. The molecule has 0 aliphatic rings. The van der Waals surface area contributed by atoms with Gasteiger partial charge < -0.3 is 20.9 Å². The number of nitrogen functional groups attached to an aromatic ring is 1. The van der Waals surface area contributed by atoms with Crippen molar-refractivity contribution in [2.75, 3.05) is 24.2 Å². The van der Waals surface area contributed by atoms with Crippen LogP contribution in [0.15, 0.2) is 54.6 Å². The van der Waals surface area contributed by atoms with Gasteiger partial charge >= 0.3 is 0 Å². The molecule has 100 valence electrons. The van der Waals surface area contributed by atoms with Crippen molar-refractivity contribution in [3.05, 3.63) is 54.6 Å². The minimum absolute atomic E-state index is 0.249. The number of aliphatic hydroxyl groups is 1. The summed E-state index contributed by atoms with van der Waals surface area (Å²) in [6, 6.07) is 16.8. The maximum atomic E-state index is 9.82. The summed E-state index contributed by atoms with van der Waals surface area (Å²) < 4.78 is 5.47. The Morgan fingerprint density at radius 2 is 1.89 bits per heavy atom. The topological polar surface area (TPSA) is 67.5 Å². The summed E-state index contributed by atoms with van der Waals surface area (Å²) >= 11 is 0. The summed E-state index contributed by atoms with van der Waals surface area (Å²) in [5, 5.41) is 12.9.